The zero-order valence-electron chi connectivity index (χ0n) is 13.3. The lowest BCUT2D eigenvalue weighted by Crippen LogP contribution is -2.15. The topological polar surface area (TPSA) is 34.1 Å². The van der Waals surface area contributed by atoms with Crippen LogP contribution in [0.4, 0.5) is 17.6 Å². The van der Waals surface area contributed by atoms with Crippen LogP contribution in [0.2, 0.25) is 0 Å². The fraction of sp³-hybridized carbons (Fsp3) is 0.294. The fourth-order valence-electron chi connectivity index (χ4n) is 2.26. The van der Waals surface area contributed by atoms with Crippen LogP contribution in [0, 0.1) is 12.7 Å². The lowest BCUT2D eigenvalue weighted by atomic mass is 9.98. The van der Waals surface area contributed by atoms with Gasteiger partial charge in [0.25, 0.3) is 0 Å². The summed E-state index contributed by atoms with van der Waals surface area (Å²) in [6.45, 7) is 4.46. The SMILES string of the molecule is Cc1ccc(C(F)(F)F)cc1-c1ccc(S(=O)(=O)C(C)C)c(F)c1. The highest BCUT2D eigenvalue weighted by atomic mass is 32.2. The van der Waals surface area contributed by atoms with Crippen molar-refractivity contribution in [1.29, 1.82) is 0 Å². The monoisotopic (exact) mass is 360 g/mol. The first-order valence-electron chi connectivity index (χ1n) is 7.16. The Labute approximate surface area is 138 Å². The first-order chi connectivity index (χ1) is 10.9. The van der Waals surface area contributed by atoms with E-state index in [4.69, 9.17) is 0 Å². The number of alkyl halides is 3. The van der Waals surface area contributed by atoms with Crippen molar-refractivity contribution in [2.75, 3.05) is 0 Å². The van der Waals surface area contributed by atoms with Gasteiger partial charge in [0.05, 0.1) is 10.8 Å². The molecule has 130 valence electrons. The van der Waals surface area contributed by atoms with Crippen molar-refractivity contribution in [3.05, 3.63) is 53.3 Å². The van der Waals surface area contributed by atoms with Crippen LogP contribution in [0.3, 0.4) is 0 Å². The predicted octanol–water partition coefficient (Wildman–Crippen LogP) is 5.00. The summed E-state index contributed by atoms with van der Waals surface area (Å²) < 4.78 is 76.9. The number of aryl methyl sites for hydroxylation is 1. The molecule has 0 atom stereocenters. The summed E-state index contributed by atoms with van der Waals surface area (Å²) in [5.41, 5.74) is 0.0836. The summed E-state index contributed by atoms with van der Waals surface area (Å²) in [7, 11) is -3.80. The maximum absolute atomic E-state index is 14.3. The van der Waals surface area contributed by atoms with Crippen molar-refractivity contribution in [3.63, 3.8) is 0 Å². The minimum atomic E-state index is -4.51. The summed E-state index contributed by atoms with van der Waals surface area (Å²) in [5.74, 6) is -0.974. The van der Waals surface area contributed by atoms with Gasteiger partial charge in [-0.05, 0) is 61.7 Å². The molecule has 0 aliphatic heterocycles. The molecule has 0 amide bonds. The Kier molecular flexibility index (Phi) is 4.77. The Morgan fingerprint density at radius 1 is 1.00 bits per heavy atom. The van der Waals surface area contributed by atoms with Crippen molar-refractivity contribution >= 4 is 9.84 Å². The second-order valence-corrected chi connectivity index (χ2v) is 8.24. The molecule has 0 unspecified atom stereocenters. The first-order valence-corrected chi connectivity index (χ1v) is 8.71. The van der Waals surface area contributed by atoms with E-state index in [1.54, 1.807) is 6.92 Å². The van der Waals surface area contributed by atoms with Crippen LogP contribution < -0.4 is 0 Å². The third kappa shape index (κ3) is 3.45. The smallest absolute Gasteiger partial charge is 0.223 e. The molecule has 7 heteroatoms. The first kappa shape index (κ1) is 18.4. The van der Waals surface area contributed by atoms with Gasteiger partial charge in [-0.3, -0.25) is 0 Å². The van der Waals surface area contributed by atoms with E-state index in [1.165, 1.54) is 26.0 Å². The zero-order chi connectivity index (χ0) is 18.3. The number of hydrogen-bond donors (Lipinski definition) is 0. The molecule has 0 saturated carbocycles. The largest absolute Gasteiger partial charge is 0.416 e. The third-order valence-electron chi connectivity index (χ3n) is 3.73. The van der Waals surface area contributed by atoms with Crippen molar-refractivity contribution < 1.29 is 26.0 Å². The van der Waals surface area contributed by atoms with Crippen LogP contribution >= 0.6 is 0 Å². The third-order valence-corrected chi connectivity index (χ3v) is 5.92. The van der Waals surface area contributed by atoms with Gasteiger partial charge in [-0.25, -0.2) is 12.8 Å². The second kappa shape index (κ2) is 6.20. The number of rotatable bonds is 3. The molecule has 2 aromatic carbocycles. The molecule has 2 rings (SSSR count). The van der Waals surface area contributed by atoms with Crippen LogP contribution in [0.25, 0.3) is 11.1 Å². The van der Waals surface area contributed by atoms with Gasteiger partial charge >= 0.3 is 6.18 Å². The van der Waals surface area contributed by atoms with Crippen molar-refractivity contribution in [3.8, 4) is 11.1 Å². The highest BCUT2D eigenvalue weighted by Gasteiger charge is 2.31. The number of sulfone groups is 1. The number of benzene rings is 2. The highest BCUT2D eigenvalue weighted by molar-refractivity contribution is 7.92. The van der Waals surface area contributed by atoms with Gasteiger partial charge in [0.15, 0.2) is 9.84 Å². The lowest BCUT2D eigenvalue weighted by molar-refractivity contribution is -0.137. The predicted molar refractivity (Wildman–Crippen MR) is 83.9 cm³/mol. The summed E-state index contributed by atoms with van der Waals surface area (Å²) in [6.07, 6.45) is -4.51. The standard InChI is InChI=1S/C17H16F4O2S/c1-10(2)24(22,23)16-7-5-12(8-15(16)18)14-9-13(17(19,20)21)6-4-11(14)3/h4-10H,1-3H3. The van der Waals surface area contributed by atoms with Gasteiger partial charge in [0, 0.05) is 0 Å². The maximum Gasteiger partial charge on any atom is 0.416 e. The summed E-state index contributed by atoms with van der Waals surface area (Å²) in [6, 6.07) is 6.56. The van der Waals surface area contributed by atoms with Crippen LogP contribution in [0.1, 0.15) is 25.0 Å². The number of hydrogen-bond acceptors (Lipinski definition) is 2. The zero-order valence-corrected chi connectivity index (χ0v) is 14.1. The fourth-order valence-corrected chi connectivity index (χ4v) is 3.36. The minimum Gasteiger partial charge on any atom is -0.223 e. The molecule has 24 heavy (non-hydrogen) atoms. The molecule has 0 N–H and O–H groups in total. The molecule has 2 nitrogen and oxygen atoms in total. The van der Waals surface area contributed by atoms with E-state index < -0.39 is 37.5 Å². The van der Waals surface area contributed by atoms with E-state index in [0.717, 1.165) is 24.3 Å². The lowest BCUT2D eigenvalue weighted by Gasteiger charge is -2.13. The van der Waals surface area contributed by atoms with Crippen LogP contribution in [0.5, 0.6) is 0 Å². The summed E-state index contributed by atoms with van der Waals surface area (Å²) >= 11 is 0. The van der Waals surface area contributed by atoms with E-state index in [0.29, 0.717) is 5.56 Å². The molecule has 0 saturated heterocycles. The molecule has 0 fully saturated rings. The van der Waals surface area contributed by atoms with E-state index in [9.17, 15) is 26.0 Å². The van der Waals surface area contributed by atoms with Gasteiger partial charge < -0.3 is 0 Å². The van der Waals surface area contributed by atoms with Gasteiger partial charge in [0.2, 0.25) is 0 Å². The average molecular weight is 360 g/mol. The Morgan fingerprint density at radius 3 is 2.12 bits per heavy atom. The summed E-state index contributed by atoms with van der Waals surface area (Å²) in [4.78, 5) is -0.453. The molecular formula is C17H16F4O2S. The minimum absolute atomic E-state index is 0.193. The van der Waals surface area contributed by atoms with Crippen molar-refractivity contribution in [2.45, 2.75) is 37.1 Å². The number of halogens is 4. The second-order valence-electron chi connectivity index (χ2n) is 5.77. The highest BCUT2D eigenvalue weighted by Crippen LogP contribution is 2.34. The van der Waals surface area contributed by atoms with E-state index in [-0.39, 0.29) is 11.1 Å². The summed E-state index contributed by atoms with van der Waals surface area (Å²) in [5, 5.41) is -0.798. The Hall–Kier alpha value is -1.89. The van der Waals surface area contributed by atoms with E-state index >= 15 is 0 Å². The Bertz CT molecular complexity index is 869. The Morgan fingerprint density at radius 2 is 1.62 bits per heavy atom. The molecule has 0 aromatic heterocycles. The molecule has 2 aromatic rings. The molecule has 0 bridgehead atoms. The Balaban J connectivity index is 2.58. The van der Waals surface area contributed by atoms with Gasteiger partial charge in [-0.2, -0.15) is 13.2 Å². The molecule has 0 radical (unpaired) electrons. The van der Waals surface area contributed by atoms with Crippen molar-refractivity contribution in [2.24, 2.45) is 0 Å². The molecule has 0 aliphatic rings. The quantitative estimate of drug-likeness (QED) is 0.722. The maximum atomic E-state index is 14.3. The molecular weight excluding hydrogens is 344 g/mol. The van der Waals surface area contributed by atoms with Gasteiger partial charge in [-0.1, -0.05) is 12.1 Å². The molecule has 0 spiro atoms. The van der Waals surface area contributed by atoms with Gasteiger partial charge in [-0.15, -0.1) is 0 Å². The molecule has 0 heterocycles. The van der Waals surface area contributed by atoms with Gasteiger partial charge in [0.1, 0.15) is 10.7 Å². The van der Waals surface area contributed by atoms with E-state index in [1.807, 2.05) is 0 Å². The van der Waals surface area contributed by atoms with Crippen LogP contribution in [-0.2, 0) is 16.0 Å². The molecule has 0 aliphatic carbocycles. The normalized spacial score (nSPS) is 12.7. The van der Waals surface area contributed by atoms with Crippen LogP contribution in [0.15, 0.2) is 41.3 Å². The van der Waals surface area contributed by atoms with Crippen LogP contribution in [-0.4, -0.2) is 13.7 Å². The van der Waals surface area contributed by atoms with Crippen molar-refractivity contribution in [1.82, 2.24) is 0 Å². The van der Waals surface area contributed by atoms with E-state index in [2.05, 4.69) is 0 Å². The average Bonchev–Trinajstić information content (AvgIpc) is 2.45.